The van der Waals surface area contributed by atoms with Crippen molar-refractivity contribution in [2.24, 2.45) is 0 Å². The highest BCUT2D eigenvalue weighted by molar-refractivity contribution is 7.80. The molecule has 0 aromatic heterocycles. The number of carboxylic acids is 2. The van der Waals surface area contributed by atoms with Gasteiger partial charge in [-0.2, -0.15) is 0 Å². The Kier molecular flexibility index (Phi) is 8.37. The summed E-state index contributed by atoms with van der Waals surface area (Å²) in [7, 11) is 0. The molecule has 0 heterocycles. The molecular weight excluding hydrogens is 448 g/mol. The van der Waals surface area contributed by atoms with E-state index >= 15 is 0 Å². The molecule has 0 unspecified atom stereocenters. The van der Waals surface area contributed by atoms with Crippen molar-refractivity contribution in [3.05, 3.63) is 137 Å². The van der Waals surface area contributed by atoms with Crippen LogP contribution in [0.25, 0.3) is 0 Å². The first kappa shape index (κ1) is 24.5. The Balaban J connectivity index is 0.000000191. The fourth-order valence-electron chi connectivity index (χ4n) is 3.22. The van der Waals surface area contributed by atoms with Gasteiger partial charge in [-0.1, -0.05) is 78.9 Å². The Morgan fingerprint density at radius 2 is 1.12 bits per heavy atom. The Morgan fingerprint density at radius 1 is 0.588 bits per heavy atom. The third-order valence-corrected chi connectivity index (χ3v) is 5.36. The van der Waals surface area contributed by atoms with Gasteiger partial charge < -0.3 is 10.2 Å². The van der Waals surface area contributed by atoms with Gasteiger partial charge >= 0.3 is 11.9 Å². The third-order valence-electron chi connectivity index (χ3n) is 4.97. The summed E-state index contributed by atoms with van der Waals surface area (Å²) in [6.07, 6.45) is 0.731. The highest BCUT2D eigenvalue weighted by atomic mass is 32.1. The number of hydrogen-bond acceptors (Lipinski definition) is 4. The molecule has 0 radical (unpaired) electrons. The van der Waals surface area contributed by atoms with Gasteiger partial charge in [0.2, 0.25) is 0 Å². The molecule has 170 valence electrons. The summed E-state index contributed by atoms with van der Waals surface area (Å²) in [4.78, 5) is 34.1. The van der Waals surface area contributed by atoms with E-state index in [4.69, 9.17) is 10.2 Å². The van der Waals surface area contributed by atoms with E-state index in [0.29, 0.717) is 16.0 Å². The van der Waals surface area contributed by atoms with Crippen LogP contribution in [0.1, 0.15) is 47.8 Å². The molecule has 4 aromatic carbocycles. The van der Waals surface area contributed by atoms with Crippen LogP contribution in [0.5, 0.6) is 0 Å². The van der Waals surface area contributed by atoms with Crippen molar-refractivity contribution < 1.29 is 24.6 Å². The average Bonchev–Trinajstić information content (AvgIpc) is 2.86. The Bertz CT molecular complexity index is 1280. The summed E-state index contributed by atoms with van der Waals surface area (Å²) in [6.45, 7) is 0. The fraction of sp³-hybridized carbons (Fsp3) is 0.0357. The lowest BCUT2D eigenvalue weighted by atomic mass is 10.0. The van der Waals surface area contributed by atoms with Crippen LogP contribution in [0, 0.1) is 0 Å². The van der Waals surface area contributed by atoms with Crippen molar-refractivity contribution in [3.63, 3.8) is 0 Å². The predicted octanol–water partition coefficient (Wildman–Crippen LogP) is 5.88. The van der Waals surface area contributed by atoms with Gasteiger partial charge in [-0.25, -0.2) is 9.59 Å². The van der Waals surface area contributed by atoms with Crippen molar-refractivity contribution in [2.45, 2.75) is 11.3 Å². The van der Waals surface area contributed by atoms with Crippen LogP contribution in [0.4, 0.5) is 0 Å². The quantitative estimate of drug-likeness (QED) is 0.242. The first-order valence-corrected chi connectivity index (χ1v) is 10.8. The second kappa shape index (κ2) is 11.6. The van der Waals surface area contributed by atoms with E-state index in [1.807, 2.05) is 42.5 Å². The minimum atomic E-state index is -0.997. The molecule has 0 amide bonds. The molecule has 4 rings (SSSR count). The number of rotatable bonds is 6. The maximum atomic E-state index is 12.0. The Labute approximate surface area is 202 Å². The third kappa shape index (κ3) is 6.67. The van der Waals surface area contributed by atoms with Crippen molar-refractivity contribution in [1.82, 2.24) is 0 Å². The van der Waals surface area contributed by atoms with Crippen LogP contribution in [0.15, 0.2) is 108 Å². The minimum absolute atomic E-state index is 0.109. The molecule has 0 aliphatic rings. The molecule has 0 aliphatic carbocycles. The van der Waals surface area contributed by atoms with Crippen molar-refractivity contribution in [1.29, 1.82) is 0 Å². The zero-order valence-corrected chi connectivity index (χ0v) is 19.0. The number of benzene rings is 4. The summed E-state index contributed by atoms with van der Waals surface area (Å²) in [5.41, 5.74) is 3.65. The van der Waals surface area contributed by atoms with Gasteiger partial charge in [0.05, 0.1) is 11.1 Å². The van der Waals surface area contributed by atoms with Crippen LogP contribution in [0.2, 0.25) is 0 Å². The van der Waals surface area contributed by atoms with E-state index in [0.717, 1.165) is 17.5 Å². The van der Waals surface area contributed by atoms with Crippen LogP contribution in [0.3, 0.4) is 0 Å². The molecule has 0 fully saturated rings. The lowest BCUT2D eigenvalue weighted by Crippen LogP contribution is -2.02. The molecule has 0 saturated carbocycles. The van der Waals surface area contributed by atoms with E-state index < -0.39 is 11.9 Å². The number of ketones is 1. The number of hydrogen-bond donors (Lipinski definition) is 3. The maximum Gasteiger partial charge on any atom is 0.336 e. The van der Waals surface area contributed by atoms with Gasteiger partial charge in [0.1, 0.15) is 0 Å². The van der Waals surface area contributed by atoms with Gasteiger partial charge in [-0.05, 0) is 41.8 Å². The summed E-state index contributed by atoms with van der Waals surface area (Å²) in [5, 5.41) is 17.8. The predicted molar refractivity (Wildman–Crippen MR) is 133 cm³/mol. The first-order valence-electron chi connectivity index (χ1n) is 10.4. The van der Waals surface area contributed by atoms with E-state index in [-0.39, 0.29) is 16.9 Å². The Hall–Kier alpha value is -4.16. The molecule has 2 N–H and O–H groups in total. The van der Waals surface area contributed by atoms with E-state index in [1.54, 1.807) is 36.4 Å². The lowest BCUT2D eigenvalue weighted by Gasteiger charge is -2.05. The van der Waals surface area contributed by atoms with Gasteiger partial charge in [-0.3, -0.25) is 4.79 Å². The molecule has 34 heavy (non-hydrogen) atoms. The summed E-state index contributed by atoms with van der Waals surface area (Å²) < 4.78 is 0. The first-order chi connectivity index (χ1) is 16.3. The van der Waals surface area contributed by atoms with Gasteiger partial charge in [0, 0.05) is 16.0 Å². The summed E-state index contributed by atoms with van der Waals surface area (Å²) in [6, 6.07) is 30.1. The fourth-order valence-corrected chi connectivity index (χ4v) is 3.45. The lowest BCUT2D eigenvalue weighted by molar-refractivity contribution is 0.0684. The van der Waals surface area contributed by atoms with Crippen LogP contribution in [-0.4, -0.2) is 27.9 Å². The SMILES string of the molecule is O=C(O)c1cc(Cc2ccccc2)ccc1S.O=C(O)c1ccc(C(=O)c2ccccc2)cc1. The molecule has 4 aromatic rings. The molecule has 6 heteroatoms. The van der Waals surface area contributed by atoms with E-state index in [1.165, 1.54) is 24.3 Å². The largest absolute Gasteiger partial charge is 0.478 e. The van der Waals surface area contributed by atoms with Crippen LogP contribution < -0.4 is 0 Å². The van der Waals surface area contributed by atoms with Crippen molar-refractivity contribution in [2.75, 3.05) is 0 Å². The zero-order valence-electron chi connectivity index (χ0n) is 18.1. The molecule has 0 spiro atoms. The smallest absolute Gasteiger partial charge is 0.336 e. The van der Waals surface area contributed by atoms with Gasteiger partial charge in [-0.15, -0.1) is 12.6 Å². The maximum absolute atomic E-state index is 12.0. The number of carboxylic acid groups (broad SMARTS) is 2. The van der Waals surface area contributed by atoms with E-state index in [2.05, 4.69) is 12.6 Å². The number of carbonyl (C=O) groups excluding carboxylic acids is 1. The highest BCUT2D eigenvalue weighted by Gasteiger charge is 2.10. The van der Waals surface area contributed by atoms with Gasteiger partial charge in [0.15, 0.2) is 5.78 Å². The van der Waals surface area contributed by atoms with Crippen LogP contribution in [-0.2, 0) is 6.42 Å². The number of thiol groups is 1. The second-order valence-electron chi connectivity index (χ2n) is 7.40. The molecule has 5 nitrogen and oxygen atoms in total. The normalized spacial score (nSPS) is 10.0. The molecule has 0 bridgehead atoms. The highest BCUT2D eigenvalue weighted by Crippen LogP contribution is 2.18. The van der Waals surface area contributed by atoms with E-state index in [9.17, 15) is 14.4 Å². The standard InChI is InChI=1S/C14H10O3.C14H12O2S/c15-13(10-4-2-1-3-5-10)11-6-8-12(9-7-11)14(16)17;15-14(16)12-9-11(6-7-13(12)17)8-10-4-2-1-3-5-10/h1-9H,(H,16,17);1-7,9,17H,8H2,(H,15,16). The topological polar surface area (TPSA) is 91.7 Å². The molecule has 0 atom stereocenters. The second-order valence-corrected chi connectivity index (χ2v) is 7.88. The molecular formula is C28H22O5S. The van der Waals surface area contributed by atoms with Crippen molar-refractivity contribution >= 4 is 30.4 Å². The molecule has 0 aliphatic heterocycles. The zero-order chi connectivity index (χ0) is 24.5. The van der Waals surface area contributed by atoms with Gasteiger partial charge in [0.25, 0.3) is 0 Å². The Morgan fingerprint density at radius 3 is 1.68 bits per heavy atom. The van der Waals surface area contributed by atoms with Crippen LogP contribution >= 0.6 is 12.6 Å². The summed E-state index contributed by atoms with van der Waals surface area (Å²) >= 11 is 4.13. The molecule has 0 saturated heterocycles. The summed E-state index contributed by atoms with van der Waals surface area (Å²) in [5.74, 6) is -2.05. The van der Waals surface area contributed by atoms with Crippen molar-refractivity contribution in [3.8, 4) is 0 Å². The monoisotopic (exact) mass is 470 g/mol. The number of carbonyl (C=O) groups is 3. The average molecular weight is 471 g/mol. The number of aromatic carboxylic acids is 2. The minimum Gasteiger partial charge on any atom is -0.478 e.